The van der Waals surface area contributed by atoms with Crippen molar-refractivity contribution in [3.63, 3.8) is 0 Å². The molecule has 2 heterocycles. The van der Waals surface area contributed by atoms with Crippen LogP contribution in [-0.4, -0.2) is 35.6 Å². The molecule has 1 aliphatic rings. The molecule has 2 aromatic rings. The van der Waals surface area contributed by atoms with Gasteiger partial charge in [-0.25, -0.2) is 8.42 Å². The maximum Gasteiger partial charge on any atom is 0.260 e. The molecule has 0 N–H and O–H groups in total. The Morgan fingerprint density at radius 1 is 1.22 bits per heavy atom. The maximum absolute atomic E-state index is 13.0. The van der Waals surface area contributed by atoms with E-state index < -0.39 is 10.0 Å². The van der Waals surface area contributed by atoms with Crippen LogP contribution in [-0.2, 0) is 22.5 Å². The van der Waals surface area contributed by atoms with Crippen molar-refractivity contribution in [2.45, 2.75) is 37.1 Å². The predicted molar refractivity (Wildman–Crippen MR) is 89.7 cm³/mol. The van der Waals surface area contributed by atoms with Gasteiger partial charge in [-0.05, 0) is 31.4 Å². The number of piperidine rings is 1. The van der Waals surface area contributed by atoms with Crippen LogP contribution in [0.4, 0.5) is 0 Å². The zero-order valence-corrected chi connectivity index (χ0v) is 14.7. The first-order valence-electron chi connectivity index (χ1n) is 7.89. The summed E-state index contributed by atoms with van der Waals surface area (Å²) in [6.45, 7) is 5.03. The highest BCUT2D eigenvalue weighted by atomic mass is 32.2. The van der Waals surface area contributed by atoms with Gasteiger partial charge in [-0.15, -0.1) is 0 Å². The van der Waals surface area contributed by atoms with Crippen LogP contribution in [0.3, 0.4) is 0 Å². The summed E-state index contributed by atoms with van der Waals surface area (Å²) in [7, 11) is -1.84. The van der Waals surface area contributed by atoms with Crippen LogP contribution in [0.1, 0.15) is 31.0 Å². The van der Waals surface area contributed by atoms with Gasteiger partial charge >= 0.3 is 0 Å². The van der Waals surface area contributed by atoms with E-state index in [1.165, 1.54) is 10.2 Å². The molecule has 6 heteroatoms. The van der Waals surface area contributed by atoms with Crippen molar-refractivity contribution >= 4 is 10.0 Å². The van der Waals surface area contributed by atoms with Gasteiger partial charge in [0.15, 0.2) is 5.03 Å². The first-order valence-corrected chi connectivity index (χ1v) is 9.33. The molecule has 0 bridgehead atoms. The molecule has 5 nitrogen and oxygen atoms in total. The van der Waals surface area contributed by atoms with E-state index in [9.17, 15) is 8.42 Å². The highest BCUT2D eigenvalue weighted by Crippen LogP contribution is 2.35. The van der Waals surface area contributed by atoms with Gasteiger partial charge in [0.2, 0.25) is 0 Å². The molecule has 1 fully saturated rings. The summed E-state index contributed by atoms with van der Waals surface area (Å²) in [5.41, 5.74) is 1.76. The van der Waals surface area contributed by atoms with E-state index in [1.807, 2.05) is 25.1 Å². The molecule has 0 amide bonds. The summed E-state index contributed by atoms with van der Waals surface area (Å²) in [5.74, 6) is 0. The maximum atomic E-state index is 13.0. The highest BCUT2D eigenvalue weighted by Gasteiger charge is 2.39. The minimum atomic E-state index is -3.52. The summed E-state index contributed by atoms with van der Waals surface area (Å²) < 4.78 is 29.1. The molecule has 3 rings (SSSR count). The Labute approximate surface area is 138 Å². The van der Waals surface area contributed by atoms with Gasteiger partial charge in [0, 0.05) is 25.6 Å². The number of benzene rings is 1. The Balaban J connectivity index is 1.93. The zero-order valence-electron chi connectivity index (χ0n) is 13.9. The standard InChI is InChI=1S/C17H23N3O2S/c1-14-12-16(19(3)18-14)23(21,22)20-11-7-10-17(2,13-20)15-8-5-4-6-9-15/h4-6,8-9,12H,7,10-11,13H2,1-3H3. The van der Waals surface area contributed by atoms with Crippen LogP contribution >= 0.6 is 0 Å². The molecule has 0 saturated carbocycles. The Kier molecular flexibility index (Phi) is 4.06. The quantitative estimate of drug-likeness (QED) is 0.867. The number of rotatable bonds is 3. The average molecular weight is 333 g/mol. The summed E-state index contributed by atoms with van der Waals surface area (Å²) in [6, 6.07) is 11.8. The van der Waals surface area contributed by atoms with Crippen LogP contribution in [0.15, 0.2) is 41.4 Å². The Hall–Kier alpha value is -1.66. The summed E-state index contributed by atoms with van der Waals surface area (Å²) in [5, 5.41) is 4.45. The third-order valence-electron chi connectivity index (χ3n) is 4.70. The molecule has 1 unspecified atom stereocenters. The SMILES string of the molecule is Cc1cc(S(=O)(=O)N2CCCC(C)(c3ccccc3)C2)n(C)n1. The second-order valence-electron chi connectivity index (χ2n) is 6.62. The van der Waals surface area contributed by atoms with Crippen molar-refractivity contribution in [2.75, 3.05) is 13.1 Å². The van der Waals surface area contributed by atoms with Gasteiger partial charge in [0.05, 0.1) is 5.69 Å². The molecule has 1 aromatic heterocycles. The number of hydrogen-bond acceptors (Lipinski definition) is 3. The fourth-order valence-corrected chi connectivity index (χ4v) is 5.22. The normalized spacial score (nSPS) is 23.1. The van der Waals surface area contributed by atoms with Crippen LogP contribution in [0.5, 0.6) is 0 Å². The lowest BCUT2D eigenvalue weighted by atomic mass is 9.77. The molecule has 124 valence electrons. The molecule has 0 radical (unpaired) electrons. The average Bonchev–Trinajstić information content (AvgIpc) is 2.88. The van der Waals surface area contributed by atoms with Gasteiger partial charge in [-0.1, -0.05) is 37.3 Å². The van der Waals surface area contributed by atoms with E-state index in [-0.39, 0.29) is 10.4 Å². The summed E-state index contributed by atoms with van der Waals surface area (Å²) in [4.78, 5) is 0. The lowest BCUT2D eigenvalue weighted by molar-refractivity contribution is 0.239. The summed E-state index contributed by atoms with van der Waals surface area (Å²) in [6.07, 6.45) is 1.86. The number of hydrogen-bond donors (Lipinski definition) is 0. The van der Waals surface area contributed by atoms with Crippen molar-refractivity contribution in [1.29, 1.82) is 0 Å². The molecule has 0 spiro atoms. The van der Waals surface area contributed by atoms with Crippen LogP contribution in [0.2, 0.25) is 0 Å². The second-order valence-corrected chi connectivity index (χ2v) is 8.50. The zero-order chi connectivity index (χ0) is 16.7. The molecular weight excluding hydrogens is 310 g/mol. The monoisotopic (exact) mass is 333 g/mol. The number of aryl methyl sites for hydroxylation is 2. The van der Waals surface area contributed by atoms with E-state index in [4.69, 9.17) is 0 Å². The van der Waals surface area contributed by atoms with Crippen molar-refractivity contribution in [3.05, 3.63) is 47.7 Å². The van der Waals surface area contributed by atoms with Gasteiger partial charge in [0.25, 0.3) is 10.0 Å². The minimum absolute atomic E-state index is 0.153. The van der Waals surface area contributed by atoms with Crippen molar-refractivity contribution < 1.29 is 8.42 Å². The van der Waals surface area contributed by atoms with Gasteiger partial charge in [0.1, 0.15) is 0 Å². The lowest BCUT2D eigenvalue weighted by Gasteiger charge is -2.40. The third kappa shape index (κ3) is 2.93. The minimum Gasteiger partial charge on any atom is -0.256 e. The fraction of sp³-hybridized carbons (Fsp3) is 0.471. The first kappa shape index (κ1) is 16.2. The first-order chi connectivity index (χ1) is 10.8. The van der Waals surface area contributed by atoms with E-state index in [2.05, 4.69) is 24.2 Å². The van der Waals surface area contributed by atoms with Gasteiger partial charge in [-0.3, -0.25) is 4.68 Å². The molecule has 23 heavy (non-hydrogen) atoms. The second kappa shape index (κ2) is 5.76. The number of aromatic nitrogens is 2. The Morgan fingerprint density at radius 3 is 2.52 bits per heavy atom. The number of nitrogens with zero attached hydrogens (tertiary/aromatic N) is 3. The Morgan fingerprint density at radius 2 is 1.91 bits per heavy atom. The van der Waals surface area contributed by atoms with Gasteiger partial charge in [-0.2, -0.15) is 9.40 Å². The van der Waals surface area contributed by atoms with E-state index in [0.717, 1.165) is 12.8 Å². The van der Waals surface area contributed by atoms with E-state index >= 15 is 0 Å². The van der Waals surface area contributed by atoms with E-state index in [1.54, 1.807) is 17.4 Å². The topological polar surface area (TPSA) is 55.2 Å². The molecule has 0 aliphatic carbocycles. The van der Waals surface area contributed by atoms with Crippen LogP contribution in [0, 0.1) is 6.92 Å². The van der Waals surface area contributed by atoms with Gasteiger partial charge < -0.3 is 0 Å². The molecule has 1 saturated heterocycles. The predicted octanol–water partition coefficient (Wildman–Crippen LogP) is 2.47. The van der Waals surface area contributed by atoms with Crippen molar-refractivity contribution in [1.82, 2.24) is 14.1 Å². The van der Waals surface area contributed by atoms with Crippen LogP contribution in [0.25, 0.3) is 0 Å². The van der Waals surface area contributed by atoms with Crippen LogP contribution < -0.4 is 0 Å². The lowest BCUT2D eigenvalue weighted by Crippen LogP contribution is -2.47. The molecule has 1 aromatic carbocycles. The number of sulfonamides is 1. The molecule has 1 aliphatic heterocycles. The highest BCUT2D eigenvalue weighted by molar-refractivity contribution is 7.89. The largest absolute Gasteiger partial charge is 0.260 e. The smallest absolute Gasteiger partial charge is 0.256 e. The van der Waals surface area contributed by atoms with Crippen molar-refractivity contribution in [3.8, 4) is 0 Å². The molecular formula is C17H23N3O2S. The van der Waals surface area contributed by atoms with E-state index in [0.29, 0.717) is 18.8 Å². The summed E-state index contributed by atoms with van der Waals surface area (Å²) >= 11 is 0. The van der Waals surface area contributed by atoms with Crippen molar-refractivity contribution in [2.24, 2.45) is 7.05 Å². The third-order valence-corrected chi connectivity index (χ3v) is 6.60. The fourth-order valence-electron chi connectivity index (χ4n) is 3.43. The molecule has 1 atom stereocenters. The Bertz CT molecular complexity index is 799.